The minimum absolute atomic E-state index is 0.434. The van der Waals surface area contributed by atoms with E-state index in [0.29, 0.717) is 12.6 Å². The van der Waals surface area contributed by atoms with Gasteiger partial charge in [-0.3, -0.25) is 4.90 Å². The molecule has 0 amide bonds. The van der Waals surface area contributed by atoms with Gasteiger partial charge in [0, 0.05) is 19.1 Å². The van der Waals surface area contributed by atoms with Gasteiger partial charge in [0.25, 0.3) is 0 Å². The molecule has 1 rings (SSSR count). The molecule has 0 spiro atoms. The van der Waals surface area contributed by atoms with E-state index in [0.717, 1.165) is 6.54 Å². The molecule has 0 aliphatic carbocycles. The van der Waals surface area contributed by atoms with E-state index in [-0.39, 0.29) is 0 Å². The SMILES string of the molecule is Cc1cc(C)c(C(C)N(C)CCN)c(C)c1. The third kappa shape index (κ3) is 2.83. The van der Waals surface area contributed by atoms with Crippen LogP contribution in [0.25, 0.3) is 0 Å². The Balaban J connectivity index is 3.03. The molecule has 0 aliphatic heterocycles. The molecule has 0 aliphatic rings. The van der Waals surface area contributed by atoms with E-state index < -0.39 is 0 Å². The molecule has 1 aromatic rings. The largest absolute Gasteiger partial charge is 0.329 e. The van der Waals surface area contributed by atoms with Gasteiger partial charge >= 0.3 is 0 Å². The van der Waals surface area contributed by atoms with E-state index in [2.05, 4.69) is 51.8 Å². The van der Waals surface area contributed by atoms with Crippen LogP contribution in [0.5, 0.6) is 0 Å². The molecule has 2 nitrogen and oxygen atoms in total. The lowest BCUT2D eigenvalue weighted by Gasteiger charge is -2.27. The molecule has 2 N–H and O–H groups in total. The molecule has 1 atom stereocenters. The van der Waals surface area contributed by atoms with E-state index in [1.165, 1.54) is 22.3 Å². The summed E-state index contributed by atoms with van der Waals surface area (Å²) in [5.41, 5.74) is 11.2. The highest BCUT2D eigenvalue weighted by Crippen LogP contribution is 2.26. The fourth-order valence-corrected chi connectivity index (χ4v) is 2.47. The lowest BCUT2D eigenvalue weighted by atomic mass is 9.94. The highest BCUT2D eigenvalue weighted by Gasteiger charge is 2.15. The van der Waals surface area contributed by atoms with Crippen LogP contribution in [-0.4, -0.2) is 25.0 Å². The molecule has 1 unspecified atom stereocenters. The zero-order chi connectivity index (χ0) is 12.3. The Morgan fingerprint density at radius 2 is 1.69 bits per heavy atom. The maximum absolute atomic E-state index is 5.60. The van der Waals surface area contributed by atoms with Crippen molar-refractivity contribution in [2.24, 2.45) is 5.73 Å². The number of nitrogens with two attached hydrogens (primary N) is 1. The Hall–Kier alpha value is -0.860. The molecule has 0 saturated heterocycles. The number of rotatable bonds is 4. The van der Waals surface area contributed by atoms with Crippen molar-refractivity contribution in [3.05, 3.63) is 34.4 Å². The lowest BCUT2D eigenvalue weighted by Crippen LogP contribution is -2.29. The second-order valence-electron chi connectivity index (χ2n) is 4.76. The zero-order valence-corrected chi connectivity index (χ0v) is 11.2. The normalized spacial score (nSPS) is 13.2. The van der Waals surface area contributed by atoms with Gasteiger partial charge in [0.1, 0.15) is 0 Å². The van der Waals surface area contributed by atoms with Crippen molar-refractivity contribution in [3.8, 4) is 0 Å². The van der Waals surface area contributed by atoms with Gasteiger partial charge in [-0.2, -0.15) is 0 Å². The quantitative estimate of drug-likeness (QED) is 0.845. The molecule has 90 valence electrons. The summed E-state index contributed by atoms with van der Waals surface area (Å²) in [6, 6.07) is 4.95. The van der Waals surface area contributed by atoms with E-state index in [4.69, 9.17) is 5.73 Å². The number of hydrogen-bond donors (Lipinski definition) is 1. The minimum atomic E-state index is 0.434. The number of nitrogens with zero attached hydrogens (tertiary/aromatic N) is 1. The van der Waals surface area contributed by atoms with Crippen molar-refractivity contribution in [1.82, 2.24) is 4.90 Å². The first-order chi connectivity index (χ1) is 7.47. The lowest BCUT2D eigenvalue weighted by molar-refractivity contribution is 0.267. The first-order valence-electron chi connectivity index (χ1n) is 5.95. The van der Waals surface area contributed by atoms with Crippen LogP contribution in [0.15, 0.2) is 12.1 Å². The molecule has 1 aromatic carbocycles. The van der Waals surface area contributed by atoms with Crippen LogP contribution in [0, 0.1) is 20.8 Å². The molecule has 0 saturated carbocycles. The Bertz CT molecular complexity index is 335. The number of aryl methyl sites for hydroxylation is 3. The van der Waals surface area contributed by atoms with Gasteiger partial charge in [0.2, 0.25) is 0 Å². The van der Waals surface area contributed by atoms with Crippen LogP contribution in [-0.2, 0) is 0 Å². The van der Waals surface area contributed by atoms with Gasteiger partial charge in [0.05, 0.1) is 0 Å². The van der Waals surface area contributed by atoms with E-state index in [1.54, 1.807) is 0 Å². The average molecular weight is 220 g/mol. The van der Waals surface area contributed by atoms with E-state index in [9.17, 15) is 0 Å². The number of likely N-dealkylation sites (N-methyl/N-ethyl adjacent to an activating group) is 1. The average Bonchev–Trinajstić information content (AvgIpc) is 2.16. The summed E-state index contributed by atoms with van der Waals surface area (Å²) >= 11 is 0. The van der Waals surface area contributed by atoms with Crippen LogP contribution in [0.1, 0.15) is 35.2 Å². The van der Waals surface area contributed by atoms with Crippen LogP contribution < -0.4 is 5.73 Å². The summed E-state index contributed by atoms with van der Waals surface area (Å²) < 4.78 is 0. The third-order valence-electron chi connectivity index (χ3n) is 3.30. The minimum Gasteiger partial charge on any atom is -0.329 e. The fraction of sp³-hybridized carbons (Fsp3) is 0.571. The highest BCUT2D eigenvalue weighted by molar-refractivity contribution is 5.39. The summed E-state index contributed by atoms with van der Waals surface area (Å²) in [5.74, 6) is 0. The van der Waals surface area contributed by atoms with Crippen molar-refractivity contribution in [3.63, 3.8) is 0 Å². The standard InChI is InChI=1S/C14H24N2/c1-10-8-11(2)14(12(3)9-10)13(4)16(5)7-6-15/h8-9,13H,6-7,15H2,1-5H3. The molecule has 2 heteroatoms. The molecular formula is C14H24N2. The molecule has 0 aromatic heterocycles. The van der Waals surface area contributed by atoms with Crippen molar-refractivity contribution in [2.45, 2.75) is 33.7 Å². The predicted octanol–water partition coefficient (Wildman–Crippen LogP) is 2.56. The third-order valence-corrected chi connectivity index (χ3v) is 3.30. The molecular weight excluding hydrogens is 196 g/mol. The topological polar surface area (TPSA) is 29.3 Å². The molecule has 0 fully saturated rings. The van der Waals surface area contributed by atoms with Gasteiger partial charge in [-0.05, 0) is 51.4 Å². The zero-order valence-electron chi connectivity index (χ0n) is 11.2. The van der Waals surface area contributed by atoms with Gasteiger partial charge < -0.3 is 5.73 Å². The van der Waals surface area contributed by atoms with Crippen LogP contribution in [0.3, 0.4) is 0 Å². The number of benzene rings is 1. The summed E-state index contributed by atoms with van der Waals surface area (Å²) in [5, 5.41) is 0. The Kier molecular flexibility index (Phi) is 4.51. The Labute approximate surface area is 99.5 Å². The summed E-state index contributed by atoms with van der Waals surface area (Å²) in [4.78, 5) is 2.31. The second kappa shape index (κ2) is 5.46. The van der Waals surface area contributed by atoms with Crippen LogP contribution in [0.2, 0.25) is 0 Å². The van der Waals surface area contributed by atoms with Crippen molar-refractivity contribution in [1.29, 1.82) is 0 Å². The molecule has 16 heavy (non-hydrogen) atoms. The summed E-state index contributed by atoms with van der Waals surface area (Å²) in [6.45, 7) is 10.4. The van der Waals surface area contributed by atoms with Crippen LogP contribution >= 0.6 is 0 Å². The summed E-state index contributed by atoms with van der Waals surface area (Å²) in [7, 11) is 2.14. The second-order valence-corrected chi connectivity index (χ2v) is 4.76. The first-order valence-corrected chi connectivity index (χ1v) is 5.95. The van der Waals surface area contributed by atoms with E-state index >= 15 is 0 Å². The van der Waals surface area contributed by atoms with Crippen molar-refractivity contribution >= 4 is 0 Å². The maximum atomic E-state index is 5.60. The summed E-state index contributed by atoms with van der Waals surface area (Å²) in [6.07, 6.45) is 0. The van der Waals surface area contributed by atoms with E-state index in [1.807, 2.05) is 0 Å². The molecule has 0 bridgehead atoms. The smallest absolute Gasteiger partial charge is 0.0322 e. The fourth-order valence-electron chi connectivity index (χ4n) is 2.47. The first kappa shape index (κ1) is 13.2. The highest BCUT2D eigenvalue weighted by atomic mass is 15.1. The van der Waals surface area contributed by atoms with Crippen LogP contribution in [0.4, 0.5) is 0 Å². The number of hydrogen-bond acceptors (Lipinski definition) is 2. The monoisotopic (exact) mass is 220 g/mol. The molecule has 0 radical (unpaired) electrons. The molecule has 0 heterocycles. The maximum Gasteiger partial charge on any atom is 0.0322 e. The van der Waals surface area contributed by atoms with Gasteiger partial charge in [-0.1, -0.05) is 17.7 Å². The Morgan fingerprint density at radius 1 is 1.19 bits per heavy atom. The van der Waals surface area contributed by atoms with Gasteiger partial charge in [-0.15, -0.1) is 0 Å². The van der Waals surface area contributed by atoms with Gasteiger partial charge in [0.15, 0.2) is 0 Å². The predicted molar refractivity (Wildman–Crippen MR) is 70.8 cm³/mol. The Morgan fingerprint density at radius 3 is 2.12 bits per heavy atom. The van der Waals surface area contributed by atoms with Crippen molar-refractivity contribution in [2.75, 3.05) is 20.1 Å². The van der Waals surface area contributed by atoms with Gasteiger partial charge in [-0.25, -0.2) is 0 Å². The van der Waals surface area contributed by atoms with Crippen molar-refractivity contribution < 1.29 is 0 Å².